The molecule has 1 aliphatic rings. The molecule has 0 aromatic rings. The maximum absolute atomic E-state index is 5.48. The molecule has 1 atom stereocenters. The molecule has 1 aliphatic heterocycles. The van der Waals surface area contributed by atoms with E-state index in [1.165, 1.54) is 71.2 Å². The van der Waals surface area contributed by atoms with Crippen LogP contribution >= 0.6 is 0 Å². The van der Waals surface area contributed by atoms with E-state index in [1.807, 2.05) is 7.11 Å². The molecular formula is C15H32N2O. The second-order valence-corrected chi connectivity index (χ2v) is 5.64. The summed E-state index contributed by atoms with van der Waals surface area (Å²) in [7, 11) is 4.07. The summed E-state index contributed by atoms with van der Waals surface area (Å²) in [5, 5.41) is 0. The van der Waals surface area contributed by atoms with Gasteiger partial charge in [-0.15, -0.1) is 0 Å². The third-order valence-electron chi connectivity index (χ3n) is 4.04. The van der Waals surface area contributed by atoms with E-state index >= 15 is 0 Å². The highest BCUT2D eigenvalue weighted by atomic mass is 16.5. The van der Waals surface area contributed by atoms with E-state index in [0.29, 0.717) is 6.10 Å². The molecule has 3 nitrogen and oxygen atoms in total. The quantitative estimate of drug-likeness (QED) is 0.590. The average molecular weight is 256 g/mol. The number of unbranched alkanes of at least 4 members (excludes halogenated alkanes) is 2. The Bertz CT molecular complexity index is 191. The molecule has 1 rings (SSSR count). The fourth-order valence-corrected chi connectivity index (χ4v) is 2.66. The zero-order valence-electron chi connectivity index (χ0n) is 12.7. The van der Waals surface area contributed by atoms with Gasteiger partial charge in [0.15, 0.2) is 0 Å². The normalized spacial score (nSPS) is 20.2. The summed E-state index contributed by atoms with van der Waals surface area (Å²) in [6, 6.07) is 0. The van der Waals surface area contributed by atoms with Crippen molar-refractivity contribution in [2.75, 3.05) is 46.9 Å². The summed E-state index contributed by atoms with van der Waals surface area (Å²) in [5.74, 6) is 0. The molecule has 0 amide bonds. The Hall–Kier alpha value is -0.120. The van der Waals surface area contributed by atoms with Crippen molar-refractivity contribution in [3.8, 4) is 0 Å². The largest absolute Gasteiger partial charge is 0.381 e. The Morgan fingerprint density at radius 2 is 1.72 bits per heavy atom. The Morgan fingerprint density at radius 1 is 1.00 bits per heavy atom. The standard InChI is InChI=1S/C15H32N2O/c1-4-8-15(18-3)9-6-5-7-10-17-13-11-16(2)12-14-17/h15H,4-14H2,1-3H3. The molecule has 1 heterocycles. The number of hydrogen-bond acceptors (Lipinski definition) is 3. The first-order chi connectivity index (χ1) is 8.76. The minimum atomic E-state index is 0.499. The van der Waals surface area contributed by atoms with E-state index in [0.717, 1.165) is 0 Å². The van der Waals surface area contributed by atoms with E-state index in [4.69, 9.17) is 4.74 Å². The molecule has 3 heteroatoms. The number of methoxy groups -OCH3 is 1. The third-order valence-corrected chi connectivity index (χ3v) is 4.04. The van der Waals surface area contributed by atoms with Gasteiger partial charge >= 0.3 is 0 Å². The highest BCUT2D eigenvalue weighted by Crippen LogP contribution is 2.12. The van der Waals surface area contributed by atoms with Gasteiger partial charge in [-0.2, -0.15) is 0 Å². The van der Waals surface area contributed by atoms with Crippen molar-refractivity contribution in [2.24, 2.45) is 0 Å². The number of rotatable bonds is 9. The van der Waals surface area contributed by atoms with Gasteiger partial charge in [-0.3, -0.25) is 0 Å². The number of likely N-dealkylation sites (N-methyl/N-ethyl adjacent to an activating group) is 1. The van der Waals surface area contributed by atoms with Crippen molar-refractivity contribution in [1.29, 1.82) is 0 Å². The second-order valence-electron chi connectivity index (χ2n) is 5.64. The minimum absolute atomic E-state index is 0.499. The van der Waals surface area contributed by atoms with Crippen LogP contribution in [0.25, 0.3) is 0 Å². The molecule has 108 valence electrons. The van der Waals surface area contributed by atoms with Crippen LogP contribution in [0.1, 0.15) is 45.4 Å². The summed E-state index contributed by atoms with van der Waals surface area (Å²) in [6.07, 6.45) is 8.23. The molecule has 0 aromatic carbocycles. The van der Waals surface area contributed by atoms with E-state index in [9.17, 15) is 0 Å². The van der Waals surface area contributed by atoms with Crippen LogP contribution in [-0.2, 0) is 4.74 Å². The van der Waals surface area contributed by atoms with Gasteiger partial charge in [0.2, 0.25) is 0 Å². The van der Waals surface area contributed by atoms with Gasteiger partial charge in [0.05, 0.1) is 6.10 Å². The van der Waals surface area contributed by atoms with Crippen molar-refractivity contribution in [2.45, 2.75) is 51.6 Å². The molecule has 0 aromatic heterocycles. The summed E-state index contributed by atoms with van der Waals surface area (Å²) in [4.78, 5) is 5.03. The smallest absolute Gasteiger partial charge is 0.0571 e. The maximum Gasteiger partial charge on any atom is 0.0571 e. The average Bonchev–Trinajstić information content (AvgIpc) is 2.39. The maximum atomic E-state index is 5.48. The van der Waals surface area contributed by atoms with Crippen molar-refractivity contribution in [1.82, 2.24) is 9.80 Å². The van der Waals surface area contributed by atoms with Crippen molar-refractivity contribution in [3.05, 3.63) is 0 Å². The highest BCUT2D eigenvalue weighted by Gasteiger charge is 2.12. The highest BCUT2D eigenvalue weighted by molar-refractivity contribution is 4.69. The van der Waals surface area contributed by atoms with Gasteiger partial charge < -0.3 is 14.5 Å². The van der Waals surface area contributed by atoms with Crippen LogP contribution in [0.15, 0.2) is 0 Å². The first-order valence-corrected chi connectivity index (χ1v) is 7.70. The summed E-state index contributed by atoms with van der Waals surface area (Å²) in [5.41, 5.74) is 0. The van der Waals surface area contributed by atoms with Crippen LogP contribution in [0, 0.1) is 0 Å². The summed E-state index contributed by atoms with van der Waals surface area (Å²) < 4.78 is 5.48. The fourth-order valence-electron chi connectivity index (χ4n) is 2.66. The van der Waals surface area contributed by atoms with E-state index in [2.05, 4.69) is 23.8 Å². The number of piperazine rings is 1. The molecule has 0 aliphatic carbocycles. The lowest BCUT2D eigenvalue weighted by Crippen LogP contribution is -2.44. The van der Waals surface area contributed by atoms with Crippen LogP contribution in [-0.4, -0.2) is 62.8 Å². The zero-order valence-corrected chi connectivity index (χ0v) is 12.7. The van der Waals surface area contributed by atoms with Gasteiger partial charge in [-0.05, 0) is 32.9 Å². The van der Waals surface area contributed by atoms with Gasteiger partial charge in [0.25, 0.3) is 0 Å². The third kappa shape index (κ3) is 6.72. The second kappa shape index (κ2) is 9.76. The predicted octanol–water partition coefficient (Wildman–Crippen LogP) is 2.61. The van der Waals surface area contributed by atoms with E-state index in [1.54, 1.807) is 0 Å². The lowest BCUT2D eigenvalue weighted by atomic mass is 10.1. The first kappa shape index (κ1) is 15.9. The zero-order chi connectivity index (χ0) is 13.2. The lowest BCUT2D eigenvalue weighted by Gasteiger charge is -2.32. The SMILES string of the molecule is CCCC(CCCCCN1CCN(C)CC1)OC. The summed E-state index contributed by atoms with van der Waals surface area (Å²) >= 11 is 0. The lowest BCUT2D eigenvalue weighted by molar-refractivity contribution is 0.0844. The predicted molar refractivity (Wildman–Crippen MR) is 78.1 cm³/mol. The first-order valence-electron chi connectivity index (χ1n) is 7.70. The number of ether oxygens (including phenoxy) is 1. The monoisotopic (exact) mass is 256 g/mol. The number of nitrogens with zero attached hydrogens (tertiary/aromatic N) is 2. The molecule has 0 radical (unpaired) electrons. The van der Waals surface area contributed by atoms with E-state index < -0.39 is 0 Å². The molecule has 0 spiro atoms. The Morgan fingerprint density at radius 3 is 2.33 bits per heavy atom. The topological polar surface area (TPSA) is 15.7 Å². The molecule has 1 unspecified atom stereocenters. The van der Waals surface area contributed by atoms with Gasteiger partial charge in [0, 0.05) is 33.3 Å². The van der Waals surface area contributed by atoms with Crippen LogP contribution in [0.5, 0.6) is 0 Å². The van der Waals surface area contributed by atoms with Gasteiger partial charge in [0.1, 0.15) is 0 Å². The number of hydrogen-bond donors (Lipinski definition) is 0. The van der Waals surface area contributed by atoms with Crippen LogP contribution < -0.4 is 0 Å². The molecular weight excluding hydrogens is 224 g/mol. The molecule has 18 heavy (non-hydrogen) atoms. The Labute approximate surface area is 113 Å². The van der Waals surface area contributed by atoms with E-state index in [-0.39, 0.29) is 0 Å². The Kier molecular flexibility index (Phi) is 8.64. The fraction of sp³-hybridized carbons (Fsp3) is 1.00. The van der Waals surface area contributed by atoms with Gasteiger partial charge in [-0.25, -0.2) is 0 Å². The van der Waals surface area contributed by atoms with Crippen LogP contribution in [0.2, 0.25) is 0 Å². The molecule has 1 fully saturated rings. The molecule has 0 bridgehead atoms. The van der Waals surface area contributed by atoms with Crippen molar-refractivity contribution in [3.63, 3.8) is 0 Å². The minimum Gasteiger partial charge on any atom is -0.381 e. The van der Waals surface area contributed by atoms with Crippen LogP contribution in [0.3, 0.4) is 0 Å². The summed E-state index contributed by atoms with van der Waals surface area (Å²) in [6.45, 7) is 8.52. The Balaban J connectivity index is 1.94. The van der Waals surface area contributed by atoms with Crippen molar-refractivity contribution < 1.29 is 4.74 Å². The molecule has 0 N–H and O–H groups in total. The molecule has 0 saturated carbocycles. The van der Waals surface area contributed by atoms with Crippen LogP contribution in [0.4, 0.5) is 0 Å². The van der Waals surface area contributed by atoms with Crippen molar-refractivity contribution >= 4 is 0 Å². The van der Waals surface area contributed by atoms with Gasteiger partial charge in [-0.1, -0.05) is 26.2 Å². The molecule has 1 saturated heterocycles.